The largest absolute Gasteiger partial charge is 0.467 e. The summed E-state index contributed by atoms with van der Waals surface area (Å²) in [6, 6.07) is 5.07. The average Bonchev–Trinajstić information content (AvgIpc) is 2.92. The van der Waals surface area contributed by atoms with Gasteiger partial charge in [0.2, 0.25) is 5.88 Å². The number of hydrogen-bond donors (Lipinski definition) is 1. The molecule has 6 nitrogen and oxygen atoms in total. The third kappa shape index (κ3) is 3.98. The van der Waals surface area contributed by atoms with Gasteiger partial charge in [-0.25, -0.2) is 4.98 Å². The van der Waals surface area contributed by atoms with Crippen LogP contribution in [-0.4, -0.2) is 16.7 Å². The van der Waals surface area contributed by atoms with Gasteiger partial charge in [0.05, 0.1) is 0 Å². The Hall–Kier alpha value is -2.60. The summed E-state index contributed by atoms with van der Waals surface area (Å²) in [6.45, 7) is 1.87. The minimum Gasteiger partial charge on any atom is -0.467 e. The molecule has 0 radical (unpaired) electrons. The van der Waals surface area contributed by atoms with E-state index in [0.717, 1.165) is 12.1 Å². The highest BCUT2D eigenvalue weighted by molar-refractivity contribution is 5.39. The molecule has 0 fully saturated rings. The lowest BCUT2D eigenvalue weighted by molar-refractivity contribution is -0.141. The molecule has 0 bridgehead atoms. The Morgan fingerprint density at radius 3 is 2.70 bits per heavy atom. The Bertz CT molecular complexity index is 722. The fourth-order valence-corrected chi connectivity index (χ4v) is 1.86. The molecular weight excluding hydrogens is 313 g/mol. The molecule has 0 unspecified atom stereocenters. The maximum Gasteiger partial charge on any atom is 0.433 e. The number of nitrogens with zero attached hydrogens (tertiary/aromatic N) is 3. The van der Waals surface area contributed by atoms with Crippen LogP contribution in [0.2, 0.25) is 0 Å². The van der Waals surface area contributed by atoms with Crippen molar-refractivity contribution in [3.05, 3.63) is 40.9 Å². The molecule has 2 rings (SSSR count). The van der Waals surface area contributed by atoms with E-state index in [0.29, 0.717) is 11.5 Å². The van der Waals surface area contributed by atoms with Crippen LogP contribution in [0, 0.1) is 18.3 Å². The van der Waals surface area contributed by atoms with Crippen molar-refractivity contribution in [1.29, 1.82) is 5.26 Å². The zero-order valence-electron chi connectivity index (χ0n) is 12.1. The number of pyridine rings is 1. The van der Waals surface area contributed by atoms with E-state index < -0.39 is 23.9 Å². The number of nitrogens with two attached hydrogens (primary N) is 1. The second kappa shape index (κ2) is 6.66. The minimum absolute atomic E-state index is 0.111. The summed E-state index contributed by atoms with van der Waals surface area (Å²) in [5.41, 5.74) is 4.61. The summed E-state index contributed by atoms with van der Waals surface area (Å²) in [4.78, 5) is 3.40. The van der Waals surface area contributed by atoms with Crippen molar-refractivity contribution in [2.75, 3.05) is 6.54 Å². The molecule has 0 aromatic carbocycles. The van der Waals surface area contributed by atoms with Gasteiger partial charge in [-0.2, -0.15) is 18.4 Å². The number of aromatic nitrogens is 2. The second-order valence-corrected chi connectivity index (χ2v) is 4.71. The number of alkyl halides is 3. The number of aryl methyl sites for hydroxylation is 1. The molecular formula is C14H13F3N4O2. The van der Waals surface area contributed by atoms with Crippen LogP contribution in [0.3, 0.4) is 0 Å². The van der Waals surface area contributed by atoms with Crippen LogP contribution < -0.4 is 10.5 Å². The molecule has 0 aliphatic rings. The van der Waals surface area contributed by atoms with Gasteiger partial charge in [-0.1, -0.05) is 5.16 Å². The van der Waals surface area contributed by atoms with Gasteiger partial charge in [0.25, 0.3) is 0 Å². The fourth-order valence-electron chi connectivity index (χ4n) is 1.86. The molecule has 2 N–H and O–H groups in total. The van der Waals surface area contributed by atoms with Gasteiger partial charge >= 0.3 is 6.18 Å². The Morgan fingerprint density at radius 2 is 2.17 bits per heavy atom. The highest BCUT2D eigenvalue weighted by Gasteiger charge is 2.33. The van der Waals surface area contributed by atoms with E-state index in [1.807, 2.05) is 0 Å². The Kier molecular flexibility index (Phi) is 4.86. The van der Waals surface area contributed by atoms with E-state index in [2.05, 4.69) is 10.1 Å². The van der Waals surface area contributed by atoms with E-state index in [1.165, 1.54) is 0 Å². The maximum absolute atomic E-state index is 12.8. The average molecular weight is 326 g/mol. The van der Waals surface area contributed by atoms with E-state index in [1.54, 1.807) is 19.1 Å². The standard InChI is InChI=1S/C14H13F3N4O2/c1-8-6-10(21-23-8)11(4-5-18)22-13-9(7-19)2-3-12(20-13)14(15,16)17/h2-3,6,11H,4-5,18H2,1H3/t11-/m1/s1. The number of hydrogen-bond acceptors (Lipinski definition) is 6. The molecule has 0 aliphatic heterocycles. The van der Waals surface area contributed by atoms with Gasteiger partial charge in [0.15, 0.2) is 0 Å². The predicted molar refractivity (Wildman–Crippen MR) is 72.2 cm³/mol. The summed E-state index contributed by atoms with van der Waals surface area (Å²) < 4.78 is 48.7. The molecule has 23 heavy (non-hydrogen) atoms. The van der Waals surface area contributed by atoms with Crippen molar-refractivity contribution >= 4 is 0 Å². The summed E-state index contributed by atoms with van der Waals surface area (Å²) in [6.07, 6.45) is -5.13. The molecule has 0 saturated carbocycles. The molecule has 9 heteroatoms. The first-order chi connectivity index (χ1) is 10.8. The molecule has 2 aromatic heterocycles. The molecule has 0 amide bonds. The monoisotopic (exact) mass is 326 g/mol. The van der Waals surface area contributed by atoms with Crippen LogP contribution in [0.5, 0.6) is 5.88 Å². The third-order valence-electron chi connectivity index (χ3n) is 2.93. The normalized spacial score (nSPS) is 12.7. The van der Waals surface area contributed by atoms with Crippen molar-refractivity contribution in [3.8, 4) is 11.9 Å². The van der Waals surface area contributed by atoms with Crippen LogP contribution in [0.15, 0.2) is 22.7 Å². The third-order valence-corrected chi connectivity index (χ3v) is 2.93. The van der Waals surface area contributed by atoms with E-state index >= 15 is 0 Å². The fraction of sp³-hybridized carbons (Fsp3) is 0.357. The quantitative estimate of drug-likeness (QED) is 0.907. The van der Waals surface area contributed by atoms with Crippen molar-refractivity contribution in [2.24, 2.45) is 5.73 Å². The van der Waals surface area contributed by atoms with Crippen LogP contribution in [0.25, 0.3) is 0 Å². The number of rotatable bonds is 5. The van der Waals surface area contributed by atoms with Crippen molar-refractivity contribution < 1.29 is 22.4 Å². The minimum atomic E-state index is -4.64. The zero-order chi connectivity index (χ0) is 17.0. The summed E-state index contributed by atoms with van der Waals surface area (Å²) in [7, 11) is 0. The first-order valence-electron chi connectivity index (χ1n) is 6.63. The molecule has 0 aliphatic carbocycles. The van der Waals surface area contributed by atoms with Gasteiger partial charge < -0.3 is 15.0 Å². The number of halogens is 3. The topological polar surface area (TPSA) is 98.0 Å². The van der Waals surface area contributed by atoms with Crippen LogP contribution in [0.1, 0.15) is 35.2 Å². The molecule has 2 heterocycles. The molecule has 122 valence electrons. The van der Waals surface area contributed by atoms with E-state index in [9.17, 15) is 13.2 Å². The van der Waals surface area contributed by atoms with Crippen molar-refractivity contribution in [2.45, 2.75) is 25.6 Å². The number of ether oxygens (including phenoxy) is 1. The van der Waals surface area contributed by atoms with Crippen LogP contribution in [0.4, 0.5) is 13.2 Å². The lowest BCUT2D eigenvalue weighted by Gasteiger charge is -2.17. The lowest BCUT2D eigenvalue weighted by Crippen LogP contribution is -2.16. The maximum atomic E-state index is 12.8. The van der Waals surface area contributed by atoms with Crippen molar-refractivity contribution in [3.63, 3.8) is 0 Å². The summed E-state index contributed by atoms with van der Waals surface area (Å²) in [5.74, 6) is 0.101. The van der Waals surface area contributed by atoms with Gasteiger partial charge in [0.1, 0.15) is 34.9 Å². The Morgan fingerprint density at radius 1 is 1.43 bits per heavy atom. The van der Waals surface area contributed by atoms with Crippen molar-refractivity contribution in [1.82, 2.24) is 10.1 Å². The molecule has 2 aromatic rings. The van der Waals surface area contributed by atoms with E-state index in [4.69, 9.17) is 20.3 Å². The van der Waals surface area contributed by atoms with Gasteiger partial charge in [0, 0.05) is 12.5 Å². The Balaban J connectivity index is 2.37. The molecule has 0 saturated heterocycles. The first kappa shape index (κ1) is 16.8. The number of nitriles is 1. The smallest absolute Gasteiger partial charge is 0.433 e. The SMILES string of the molecule is Cc1cc([C@@H](CCN)Oc2nc(C(F)(F)F)ccc2C#N)no1. The van der Waals surface area contributed by atoms with Gasteiger partial charge in [-0.3, -0.25) is 0 Å². The zero-order valence-corrected chi connectivity index (χ0v) is 12.1. The Labute approximate surface area is 129 Å². The van der Waals surface area contributed by atoms with Crippen LogP contribution in [-0.2, 0) is 6.18 Å². The van der Waals surface area contributed by atoms with Crippen LogP contribution >= 0.6 is 0 Å². The predicted octanol–water partition coefficient (Wildman–Crippen LogP) is 2.74. The highest BCUT2D eigenvalue weighted by atomic mass is 19.4. The molecule has 1 atom stereocenters. The lowest BCUT2D eigenvalue weighted by atomic mass is 10.1. The molecule has 0 spiro atoms. The summed E-state index contributed by atoms with van der Waals surface area (Å²) >= 11 is 0. The van der Waals surface area contributed by atoms with E-state index in [-0.39, 0.29) is 18.5 Å². The van der Waals surface area contributed by atoms with Gasteiger partial charge in [-0.15, -0.1) is 0 Å². The highest BCUT2D eigenvalue weighted by Crippen LogP contribution is 2.32. The summed E-state index contributed by atoms with van der Waals surface area (Å²) in [5, 5.41) is 12.8. The second-order valence-electron chi connectivity index (χ2n) is 4.71. The first-order valence-corrected chi connectivity index (χ1v) is 6.63. The van der Waals surface area contributed by atoms with Gasteiger partial charge in [-0.05, 0) is 25.6 Å².